The normalized spacial score (nSPS) is 11.6. The first-order valence-corrected chi connectivity index (χ1v) is 9.36. The van der Waals surface area contributed by atoms with Gasteiger partial charge in [-0.2, -0.15) is 0 Å². The lowest BCUT2D eigenvalue weighted by Gasteiger charge is -2.26. The summed E-state index contributed by atoms with van der Waals surface area (Å²) in [7, 11) is 11.6. The van der Waals surface area contributed by atoms with Crippen molar-refractivity contribution in [2.75, 3.05) is 56.2 Å². The van der Waals surface area contributed by atoms with Crippen LogP contribution >= 0.6 is 0 Å². The summed E-state index contributed by atoms with van der Waals surface area (Å²) in [5, 5.41) is 2.98. The van der Waals surface area contributed by atoms with Crippen LogP contribution in [0.3, 0.4) is 0 Å². The SMILES string of the molecule is COc1ccc([C@@H](CNC(=O)c2cc(OC)c(OC)cc2OC)N(C)C)cc1OC. The van der Waals surface area contributed by atoms with Gasteiger partial charge in [0.25, 0.3) is 5.91 Å². The van der Waals surface area contributed by atoms with Crippen molar-refractivity contribution in [3.8, 4) is 28.7 Å². The number of amides is 1. The van der Waals surface area contributed by atoms with Crippen LogP contribution in [0.1, 0.15) is 22.0 Å². The molecule has 1 N–H and O–H groups in total. The Kier molecular flexibility index (Phi) is 8.17. The number of carbonyl (C=O) groups excluding carboxylic acids is 1. The molecule has 0 aliphatic heterocycles. The Labute approximate surface area is 177 Å². The van der Waals surface area contributed by atoms with Crippen molar-refractivity contribution in [1.29, 1.82) is 0 Å². The number of carbonyl (C=O) groups is 1. The van der Waals surface area contributed by atoms with Gasteiger partial charge in [0.1, 0.15) is 5.75 Å². The second-order valence-corrected chi connectivity index (χ2v) is 6.71. The lowest BCUT2D eigenvalue weighted by molar-refractivity contribution is 0.0938. The summed E-state index contributed by atoms with van der Waals surface area (Å²) in [6.45, 7) is 0.374. The number of hydrogen-bond donors (Lipinski definition) is 1. The molecule has 8 nitrogen and oxygen atoms in total. The highest BCUT2D eigenvalue weighted by Gasteiger charge is 2.21. The molecule has 0 aliphatic rings. The topological polar surface area (TPSA) is 78.5 Å². The Morgan fingerprint density at radius 2 is 1.33 bits per heavy atom. The van der Waals surface area contributed by atoms with Gasteiger partial charge in [-0.15, -0.1) is 0 Å². The van der Waals surface area contributed by atoms with E-state index in [-0.39, 0.29) is 11.9 Å². The minimum atomic E-state index is -0.278. The van der Waals surface area contributed by atoms with Gasteiger partial charge in [-0.1, -0.05) is 6.07 Å². The van der Waals surface area contributed by atoms with Crippen molar-refractivity contribution in [2.45, 2.75) is 6.04 Å². The van der Waals surface area contributed by atoms with E-state index in [1.165, 1.54) is 21.3 Å². The van der Waals surface area contributed by atoms with E-state index < -0.39 is 0 Å². The van der Waals surface area contributed by atoms with Gasteiger partial charge in [-0.25, -0.2) is 0 Å². The number of benzene rings is 2. The van der Waals surface area contributed by atoms with Crippen LogP contribution in [0.4, 0.5) is 0 Å². The van der Waals surface area contributed by atoms with Gasteiger partial charge in [0.2, 0.25) is 0 Å². The predicted molar refractivity (Wildman–Crippen MR) is 114 cm³/mol. The third-order valence-corrected chi connectivity index (χ3v) is 4.82. The monoisotopic (exact) mass is 418 g/mol. The molecule has 1 amide bonds. The lowest BCUT2D eigenvalue weighted by Crippen LogP contribution is -2.34. The molecule has 1 atom stereocenters. The summed E-state index contributed by atoms with van der Waals surface area (Å²) in [5.74, 6) is 2.35. The molecule has 0 saturated carbocycles. The molecule has 0 heterocycles. The third kappa shape index (κ3) is 5.07. The number of nitrogens with one attached hydrogen (secondary N) is 1. The average Bonchev–Trinajstić information content (AvgIpc) is 2.77. The number of rotatable bonds is 10. The van der Waals surface area contributed by atoms with Gasteiger partial charge in [0.05, 0.1) is 47.2 Å². The summed E-state index contributed by atoms with van der Waals surface area (Å²) in [6, 6.07) is 8.87. The number of ether oxygens (including phenoxy) is 5. The molecule has 0 aromatic heterocycles. The van der Waals surface area contributed by atoms with Crippen molar-refractivity contribution < 1.29 is 28.5 Å². The highest BCUT2D eigenvalue weighted by molar-refractivity contribution is 5.97. The van der Waals surface area contributed by atoms with Crippen LogP contribution in [-0.4, -0.2) is 67.0 Å². The van der Waals surface area contributed by atoms with Crippen molar-refractivity contribution >= 4 is 5.91 Å². The Hall–Kier alpha value is -3.13. The van der Waals surface area contributed by atoms with Crippen molar-refractivity contribution in [2.24, 2.45) is 0 Å². The van der Waals surface area contributed by atoms with E-state index in [0.717, 1.165) is 5.56 Å². The molecule has 2 aromatic rings. The number of methoxy groups -OCH3 is 5. The summed E-state index contributed by atoms with van der Waals surface area (Å²) in [5.41, 5.74) is 1.34. The molecule has 0 fully saturated rings. The van der Waals surface area contributed by atoms with Crippen LogP contribution in [0, 0.1) is 0 Å². The van der Waals surface area contributed by atoms with E-state index in [4.69, 9.17) is 23.7 Å². The molecule has 8 heteroatoms. The maximum Gasteiger partial charge on any atom is 0.255 e. The fourth-order valence-electron chi connectivity index (χ4n) is 3.15. The quantitative estimate of drug-likeness (QED) is 0.636. The zero-order valence-electron chi connectivity index (χ0n) is 18.6. The van der Waals surface area contributed by atoms with Crippen LogP contribution in [0.5, 0.6) is 28.7 Å². The van der Waals surface area contributed by atoms with E-state index in [2.05, 4.69) is 5.32 Å². The Morgan fingerprint density at radius 3 is 1.87 bits per heavy atom. The molecular weight excluding hydrogens is 388 g/mol. The van der Waals surface area contributed by atoms with Crippen LogP contribution in [-0.2, 0) is 0 Å². The smallest absolute Gasteiger partial charge is 0.255 e. The van der Waals surface area contributed by atoms with Gasteiger partial charge < -0.3 is 33.9 Å². The first-order chi connectivity index (χ1) is 14.4. The molecule has 0 aliphatic carbocycles. The van der Waals surface area contributed by atoms with Crippen molar-refractivity contribution in [3.63, 3.8) is 0 Å². The molecule has 30 heavy (non-hydrogen) atoms. The van der Waals surface area contributed by atoms with Gasteiger partial charge in [0.15, 0.2) is 23.0 Å². The zero-order valence-corrected chi connectivity index (χ0v) is 18.6. The molecule has 0 unspecified atom stereocenters. The van der Waals surface area contributed by atoms with Gasteiger partial charge >= 0.3 is 0 Å². The molecule has 0 radical (unpaired) electrons. The predicted octanol–water partition coefficient (Wildman–Crippen LogP) is 2.76. The first-order valence-electron chi connectivity index (χ1n) is 9.36. The van der Waals surface area contributed by atoms with Crippen molar-refractivity contribution in [1.82, 2.24) is 10.2 Å². The molecular formula is C22H30N2O6. The number of hydrogen-bond acceptors (Lipinski definition) is 7. The fourth-order valence-corrected chi connectivity index (χ4v) is 3.15. The summed E-state index contributed by atoms with van der Waals surface area (Å²) >= 11 is 0. The van der Waals surface area contributed by atoms with Crippen LogP contribution in [0.15, 0.2) is 30.3 Å². The highest BCUT2D eigenvalue weighted by Crippen LogP contribution is 2.35. The van der Waals surface area contributed by atoms with Crippen LogP contribution in [0.25, 0.3) is 0 Å². The Morgan fingerprint density at radius 1 is 0.800 bits per heavy atom. The average molecular weight is 418 g/mol. The number of likely N-dealkylation sites (N-methyl/N-ethyl adjacent to an activating group) is 1. The molecule has 164 valence electrons. The second-order valence-electron chi connectivity index (χ2n) is 6.71. The lowest BCUT2D eigenvalue weighted by atomic mass is 10.0. The van der Waals surface area contributed by atoms with E-state index in [9.17, 15) is 4.79 Å². The van der Waals surface area contributed by atoms with Gasteiger partial charge in [-0.05, 0) is 31.8 Å². The van der Waals surface area contributed by atoms with E-state index >= 15 is 0 Å². The molecule has 0 bridgehead atoms. The minimum absolute atomic E-state index is 0.0834. The van der Waals surface area contributed by atoms with Gasteiger partial charge in [-0.3, -0.25) is 4.79 Å². The fraction of sp³-hybridized carbons (Fsp3) is 0.409. The van der Waals surface area contributed by atoms with E-state index in [1.54, 1.807) is 26.4 Å². The van der Waals surface area contributed by atoms with Crippen molar-refractivity contribution in [3.05, 3.63) is 41.5 Å². The zero-order chi connectivity index (χ0) is 22.3. The summed E-state index contributed by atoms with van der Waals surface area (Å²) in [6.07, 6.45) is 0. The van der Waals surface area contributed by atoms with E-state index in [1.807, 2.05) is 37.2 Å². The highest BCUT2D eigenvalue weighted by atomic mass is 16.5. The van der Waals surface area contributed by atoms with Crippen LogP contribution < -0.4 is 29.0 Å². The molecule has 2 rings (SSSR count). The maximum atomic E-state index is 12.9. The Balaban J connectivity index is 2.26. The molecule has 0 saturated heterocycles. The maximum absolute atomic E-state index is 12.9. The standard InChI is InChI=1S/C22H30N2O6/c1-24(2)16(14-8-9-17(26-3)19(10-14)28-5)13-23-22(25)15-11-20(29-6)21(30-7)12-18(15)27-4/h8-12,16H,13H2,1-7H3,(H,23,25)/t16-/m1/s1. The second kappa shape index (κ2) is 10.6. The summed E-state index contributed by atoms with van der Waals surface area (Å²) < 4.78 is 26.7. The third-order valence-electron chi connectivity index (χ3n) is 4.82. The van der Waals surface area contributed by atoms with Crippen LogP contribution in [0.2, 0.25) is 0 Å². The van der Waals surface area contributed by atoms with Gasteiger partial charge in [0, 0.05) is 18.7 Å². The first kappa shape index (κ1) is 23.2. The number of nitrogens with zero attached hydrogens (tertiary/aromatic N) is 1. The van der Waals surface area contributed by atoms with E-state index in [0.29, 0.717) is 40.9 Å². The largest absolute Gasteiger partial charge is 0.496 e. The minimum Gasteiger partial charge on any atom is -0.496 e. The Bertz CT molecular complexity index is 869. The molecule has 0 spiro atoms. The molecule has 2 aromatic carbocycles. The summed E-state index contributed by atoms with van der Waals surface area (Å²) in [4.78, 5) is 14.9.